The van der Waals surface area contributed by atoms with Crippen LogP contribution < -0.4 is 10.2 Å². The molecule has 2 aromatic rings. The van der Waals surface area contributed by atoms with Gasteiger partial charge in [-0.05, 0) is 37.6 Å². The van der Waals surface area contributed by atoms with E-state index in [1.165, 1.54) is 18.2 Å². The van der Waals surface area contributed by atoms with Crippen LogP contribution in [0.1, 0.15) is 29.8 Å². The van der Waals surface area contributed by atoms with Crippen molar-refractivity contribution in [3.05, 3.63) is 69.8 Å². The minimum Gasteiger partial charge on any atom is -0.372 e. The second kappa shape index (κ2) is 8.10. The van der Waals surface area contributed by atoms with E-state index >= 15 is 0 Å². The van der Waals surface area contributed by atoms with Gasteiger partial charge in [-0.15, -0.1) is 0 Å². The molecule has 0 aliphatic heterocycles. The Morgan fingerprint density at radius 1 is 1.12 bits per heavy atom. The number of nitrogens with one attached hydrogen (secondary N) is 1. The summed E-state index contributed by atoms with van der Waals surface area (Å²) in [5, 5.41) is 13.5. The van der Waals surface area contributed by atoms with Crippen molar-refractivity contribution in [2.24, 2.45) is 0 Å². The van der Waals surface area contributed by atoms with Crippen LogP contribution in [-0.2, 0) is 6.54 Å². The largest absolute Gasteiger partial charge is 0.372 e. The molecule has 0 aromatic heterocycles. The molecular formula is C18H21N3O3. The summed E-state index contributed by atoms with van der Waals surface area (Å²) in [6, 6.07) is 13.7. The number of carbonyl (C=O) groups excluding carboxylic acids is 1. The van der Waals surface area contributed by atoms with E-state index in [-0.39, 0.29) is 17.2 Å². The summed E-state index contributed by atoms with van der Waals surface area (Å²) in [5.74, 6) is -0.327. The van der Waals surface area contributed by atoms with Gasteiger partial charge in [0.2, 0.25) is 0 Å². The summed E-state index contributed by atoms with van der Waals surface area (Å²) in [6.07, 6.45) is 0. The van der Waals surface area contributed by atoms with Crippen molar-refractivity contribution in [1.29, 1.82) is 0 Å². The third-order valence-electron chi connectivity index (χ3n) is 3.84. The molecule has 0 radical (unpaired) electrons. The number of nitro groups is 1. The normalized spacial score (nSPS) is 10.2. The third kappa shape index (κ3) is 4.32. The minimum atomic E-state index is -0.511. The molecule has 0 spiro atoms. The summed E-state index contributed by atoms with van der Waals surface area (Å²) in [7, 11) is 0. The summed E-state index contributed by atoms with van der Waals surface area (Å²) >= 11 is 0. The molecule has 2 aromatic carbocycles. The average Bonchev–Trinajstić information content (AvgIpc) is 2.62. The van der Waals surface area contributed by atoms with E-state index in [2.05, 4.69) is 24.1 Å². The Balaban J connectivity index is 1.99. The lowest BCUT2D eigenvalue weighted by Gasteiger charge is -2.21. The zero-order valence-electron chi connectivity index (χ0n) is 13.9. The van der Waals surface area contributed by atoms with Crippen LogP contribution in [0.2, 0.25) is 0 Å². The number of non-ortho nitro benzene ring substituents is 1. The Hall–Kier alpha value is -2.89. The maximum atomic E-state index is 12.1. The SMILES string of the molecule is CCN(CC)c1ccc(CNC(=O)c2cccc([N+](=O)[O-])c2)cc1. The van der Waals surface area contributed by atoms with Gasteiger partial charge in [0.15, 0.2) is 0 Å². The average molecular weight is 327 g/mol. The predicted octanol–water partition coefficient (Wildman–Crippen LogP) is 3.37. The van der Waals surface area contributed by atoms with Crippen molar-refractivity contribution in [1.82, 2.24) is 5.32 Å². The van der Waals surface area contributed by atoms with E-state index < -0.39 is 4.92 Å². The van der Waals surface area contributed by atoms with Crippen molar-refractivity contribution < 1.29 is 9.72 Å². The molecule has 1 amide bonds. The van der Waals surface area contributed by atoms with Gasteiger partial charge in [0.1, 0.15) is 0 Å². The fourth-order valence-corrected chi connectivity index (χ4v) is 2.46. The summed E-state index contributed by atoms with van der Waals surface area (Å²) < 4.78 is 0. The maximum absolute atomic E-state index is 12.1. The van der Waals surface area contributed by atoms with Crippen molar-refractivity contribution in [2.75, 3.05) is 18.0 Å². The van der Waals surface area contributed by atoms with Crippen LogP contribution in [0.25, 0.3) is 0 Å². The van der Waals surface area contributed by atoms with Crippen molar-refractivity contribution >= 4 is 17.3 Å². The van der Waals surface area contributed by atoms with Gasteiger partial charge in [0, 0.05) is 43.0 Å². The number of hydrogen-bond donors (Lipinski definition) is 1. The molecule has 6 nitrogen and oxygen atoms in total. The van der Waals surface area contributed by atoms with Gasteiger partial charge in [0.05, 0.1) is 4.92 Å². The zero-order valence-corrected chi connectivity index (χ0v) is 13.9. The van der Waals surface area contributed by atoms with Gasteiger partial charge in [-0.25, -0.2) is 0 Å². The second-order valence-corrected chi connectivity index (χ2v) is 5.33. The first-order valence-electron chi connectivity index (χ1n) is 7.91. The zero-order chi connectivity index (χ0) is 17.5. The Labute approximate surface area is 141 Å². The Kier molecular flexibility index (Phi) is 5.89. The molecule has 0 heterocycles. The van der Waals surface area contributed by atoms with Crippen LogP contribution >= 0.6 is 0 Å². The van der Waals surface area contributed by atoms with E-state index in [1.807, 2.05) is 24.3 Å². The molecule has 6 heteroatoms. The van der Waals surface area contributed by atoms with Crippen LogP contribution in [0, 0.1) is 10.1 Å². The van der Waals surface area contributed by atoms with Gasteiger partial charge < -0.3 is 10.2 Å². The Morgan fingerprint density at radius 2 is 1.79 bits per heavy atom. The lowest BCUT2D eigenvalue weighted by molar-refractivity contribution is -0.384. The smallest absolute Gasteiger partial charge is 0.270 e. The first-order chi connectivity index (χ1) is 11.5. The molecule has 2 rings (SSSR count). The number of amides is 1. The van der Waals surface area contributed by atoms with Crippen LogP contribution in [0.5, 0.6) is 0 Å². The van der Waals surface area contributed by atoms with E-state index in [4.69, 9.17) is 0 Å². The highest BCUT2D eigenvalue weighted by Gasteiger charge is 2.11. The topological polar surface area (TPSA) is 75.5 Å². The molecule has 1 N–H and O–H groups in total. The highest BCUT2D eigenvalue weighted by Crippen LogP contribution is 2.16. The quantitative estimate of drug-likeness (QED) is 0.625. The molecule has 0 saturated carbocycles. The molecule has 0 fully saturated rings. The second-order valence-electron chi connectivity index (χ2n) is 5.33. The monoisotopic (exact) mass is 327 g/mol. The minimum absolute atomic E-state index is 0.0915. The first-order valence-corrected chi connectivity index (χ1v) is 7.91. The highest BCUT2D eigenvalue weighted by atomic mass is 16.6. The number of nitro benzene ring substituents is 1. The fraction of sp³-hybridized carbons (Fsp3) is 0.278. The molecule has 0 bridgehead atoms. The number of anilines is 1. The van der Waals surface area contributed by atoms with Gasteiger partial charge in [0.25, 0.3) is 11.6 Å². The van der Waals surface area contributed by atoms with Gasteiger partial charge in [-0.1, -0.05) is 18.2 Å². The van der Waals surface area contributed by atoms with Crippen LogP contribution in [0.4, 0.5) is 11.4 Å². The van der Waals surface area contributed by atoms with Crippen LogP contribution in [-0.4, -0.2) is 23.9 Å². The Morgan fingerprint density at radius 3 is 2.38 bits per heavy atom. The summed E-state index contributed by atoms with van der Waals surface area (Å²) in [5.41, 5.74) is 2.31. The number of hydrogen-bond acceptors (Lipinski definition) is 4. The van der Waals surface area contributed by atoms with E-state index in [0.717, 1.165) is 24.3 Å². The number of rotatable bonds is 7. The highest BCUT2D eigenvalue weighted by molar-refractivity contribution is 5.94. The van der Waals surface area contributed by atoms with Gasteiger partial charge >= 0.3 is 0 Å². The number of benzene rings is 2. The van der Waals surface area contributed by atoms with Gasteiger partial charge in [-0.3, -0.25) is 14.9 Å². The lowest BCUT2D eigenvalue weighted by atomic mass is 10.1. The molecule has 0 aliphatic carbocycles. The van der Waals surface area contributed by atoms with Crippen molar-refractivity contribution in [3.8, 4) is 0 Å². The maximum Gasteiger partial charge on any atom is 0.270 e. The standard InChI is InChI=1S/C18H21N3O3/c1-3-20(4-2)16-10-8-14(9-11-16)13-19-18(22)15-6-5-7-17(12-15)21(23)24/h5-12H,3-4,13H2,1-2H3,(H,19,22). The first kappa shape index (κ1) is 17.5. The van der Waals surface area contributed by atoms with Crippen LogP contribution in [0.3, 0.4) is 0 Å². The fourth-order valence-electron chi connectivity index (χ4n) is 2.46. The molecular weight excluding hydrogens is 306 g/mol. The molecule has 0 unspecified atom stereocenters. The number of carbonyl (C=O) groups is 1. The third-order valence-corrected chi connectivity index (χ3v) is 3.84. The van der Waals surface area contributed by atoms with Crippen LogP contribution in [0.15, 0.2) is 48.5 Å². The Bertz CT molecular complexity index is 710. The molecule has 0 atom stereocenters. The predicted molar refractivity (Wildman–Crippen MR) is 94.3 cm³/mol. The van der Waals surface area contributed by atoms with E-state index in [0.29, 0.717) is 6.54 Å². The molecule has 0 saturated heterocycles. The molecule has 24 heavy (non-hydrogen) atoms. The number of nitrogens with zero attached hydrogens (tertiary/aromatic N) is 2. The lowest BCUT2D eigenvalue weighted by Crippen LogP contribution is -2.23. The summed E-state index contributed by atoms with van der Waals surface area (Å²) in [6.45, 7) is 6.48. The van der Waals surface area contributed by atoms with Crippen molar-refractivity contribution in [3.63, 3.8) is 0 Å². The van der Waals surface area contributed by atoms with E-state index in [1.54, 1.807) is 6.07 Å². The van der Waals surface area contributed by atoms with E-state index in [9.17, 15) is 14.9 Å². The van der Waals surface area contributed by atoms with Crippen molar-refractivity contribution in [2.45, 2.75) is 20.4 Å². The van der Waals surface area contributed by atoms with Gasteiger partial charge in [-0.2, -0.15) is 0 Å². The molecule has 0 aliphatic rings. The summed E-state index contributed by atoms with van der Waals surface area (Å²) in [4.78, 5) is 24.6. The molecule has 126 valence electrons.